The third-order valence-corrected chi connectivity index (χ3v) is 1.12. The van der Waals surface area contributed by atoms with Gasteiger partial charge in [0.05, 0.1) is 19.1 Å². The minimum absolute atomic E-state index is 0.167. The van der Waals surface area contributed by atoms with Gasteiger partial charge in [-0.25, -0.2) is 0 Å². The summed E-state index contributed by atoms with van der Waals surface area (Å²) in [7, 11) is 0. The van der Waals surface area contributed by atoms with Crippen LogP contribution in [0.1, 0.15) is 12.8 Å². The summed E-state index contributed by atoms with van der Waals surface area (Å²) in [5.41, 5.74) is 0. The number of carbonyl (C=O) groups excluding carboxylic acids is 1. The number of rotatable bonds is 0. The first-order chi connectivity index (χ1) is 3.79. The van der Waals surface area contributed by atoms with Gasteiger partial charge in [0.15, 0.2) is 0 Å². The van der Waals surface area contributed by atoms with Gasteiger partial charge in [0.25, 0.3) is 0 Å². The summed E-state index contributed by atoms with van der Waals surface area (Å²) in [5.74, 6) is -0.288. The van der Waals surface area contributed by atoms with Crippen LogP contribution in [-0.4, -0.2) is 23.8 Å². The predicted octanol–water partition coefficient (Wildman–Crippen LogP) is -0.316. The van der Waals surface area contributed by atoms with Crippen LogP contribution in [0.2, 0.25) is 0 Å². The molecule has 8 heavy (non-hydrogen) atoms. The number of carbonyl (C=O) groups is 1. The molecule has 1 rings (SSSR count). The standard InChI is InChI=1S/C5H8O3/c6-4-1-2-8-5(7)3-4/h4,6H,1-3H2/t4-/m1/s1. The van der Waals surface area contributed by atoms with E-state index in [2.05, 4.69) is 4.74 Å². The zero-order chi connectivity index (χ0) is 5.98. The lowest BCUT2D eigenvalue weighted by molar-refractivity contribution is -0.151. The molecule has 0 amide bonds. The Morgan fingerprint density at radius 3 is 2.88 bits per heavy atom. The molecular formula is C5H8O3. The molecule has 1 heterocycles. The fourth-order valence-electron chi connectivity index (χ4n) is 0.662. The van der Waals surface area contributed by atoms with E-state index < -0.39 is 6.10 Å². The molecule has 3 heteroatoms. The van der Waals surface area contributed by atoms with E-state index in [0.717, 1.165) is 0 Å². The van der Waals surface area contributed by atoms with E-state index in [4.69, 9.17) is 5.11 Å². The van der Waals surface area contributed by atoms with Gasteiger partial charge in [0.2, 0.25) is 0 Å². The molecule has 0 bridgehead atoms. The molecule has 3 nitrogen and oxygen atoms in total. The van der Waals surface area contributed by atoms with Crippen molar-refractivity contribution in [2.45, 2.75) is 18.9 Å². The second-order valence-electron chi connectivity index (χ2n) is 1.87. The van der Waals surface area contributed by atoms with Crippen LogP contribution in [0.3, 0.4) is 0 Å². The van der Waals surface area contributed by atoms with Gasteiger partial charge in [-0.3, -0.25) is 4.79 Å². The average molecular weight is 116 g/mol. The smallest absolute Gasteiger partial charge is 0.308 e. The molecule has 0 radical (unpaired) electrons. The molecule has 1 aliphatic heterocycles. The quantitative estimate of drug-likeness (QED) is 0.441. The Hall–Kier alpha value is -0.570. The van der Waals surface area contributed by atoms with Gasteiger partial charge in [-0.15, -0.1) is 0 Å². The lowest BCUT2D eigenvalue weighted by Crippen LogP contribution is -2.24. The van der Waals surface area contributed by atoms with Crippen molar-refractivity contribution < 1.29 is 14.6 Å². The molecule has 1 fully saturated rings. The molecule has 0 unspecified atom stereocenters. The summed E-state index contributed by atoms with van der Waals surface area (Å²) in [5, 5.41) is 8.78. The minimum atomic E-state index is -0.462. The maximum Gasteiger partial charge on any atom is 0.308 e. The maximum atomic E-state index is 10.3. The molecule has 1 N–H and O–H groups in total. The summed E-state index contributed by atoms with van der Waals surface area (Å²) < 4.78 is 4.55. The maximum absolute atomic E-state index is 10.3. The van der Waals surface area contributed by atoms with Gasteiger partial charge in [-0.1, -0.05) is 0 Å². The highest BCUT2D eigenvalue weighted by Crippen LogP contribution is 2.05. The normalized spacial score (nSPS) is 29.6. The SMILES string of the molecule is O=C1C[C@H](O)CCO1. The first-order valence-electron chi connectivity index (χ1n) is 2.63. The van der Waals surface area contributed by atoms with Crippen molar-refractivity contribution in [2.24, 2.45) is 0 Å². The highest BCUT2D eigenvalue weighted by molar-refractivity contribution is 5.70. The van der Waals surface area contributed by atoms with Crippen molar-refractivity contribution in [1.82, 2.24) is 0 Å². The summed E-state index contributed by atoms with van der Waals surface area (Å²) in [6, 6.07) is 0. The topological polar surface area (TPSA) is 46.5 Å². The Bertz CT molecular complexity index is 99.8. The van der Waals surface area contributed by atoms with E-state index >= 15 is 0 Å². The van der Waals surface area contributed by atoms with Crippen LogP contribution in [0, 0.1) is 0 Å². The van der Waals surface area contributed by atoms with Gasteiger partial charge in [-0.05, 0) is 0 Å². The van der Waals surface area contributed by atoms with E-state index in [1.54, 1.807) is 0 Å². The summed E-state index contributed by atoms with van der Waals surface area (Å²) in [6.07, 6.45) is 0.294. The van der Waals surface area contributed by atoms with Gasteiger partial charge in [0.1, 0.15) is 0 Å². The van der Waals surface area contributed by atoms with E-state index in [1.165, 1.54) is 0 Å². The fraction of sp³-hybridized carbons (Fsp3) is 0.800. The summed E-state index contributed by atoms with van der Waals surface area (Å²) in [6.45, 7) is 0.375. The number of ether oxygens (including phenoxy) is 1. The average Bonchev–Trinajstić information content (AvgIpc) is 1.64. The van der Waals surface area contributed by atoms with Crippen LogP contribution < -0.4 is 0 Å². The van der Waals surface area contributed by atoms with E-state index in [-0.39, 0.29) is 12.4 Å². The number of hydrogen-bond acceptors (Lipinski definition) is 3. The molecule has 0 aromatic heterocycles. The van der Waals surface area contributed by atoms with Crippen molar-refractivity contribution in [2.75, 3.05) is 6.61 Å². The molecular weight excluding hydrogens is 108 g/mol. The van der Waals surface area contributed by atoms with Crippen molar-refractivity contribution in [1.29, 1.82) is 0 Å². The summed E-state index contributed by atoms with van der Waals surface area (Å²) in [4.78, 5) is 10.3. The van der Waals surface area contributed by atoms with E-state index in [9.17, 15) is 4.79 Å². The predicted molar refractivity (Wildman–Crippen MR) is 26.2 cm³/mol. The van der Waals surface area contributed by atoms with E-state index in [1.807, 2.05) is 0 Å². The van der Waals surface area contributed by atoms with Crippen molar-refractivity contribution in [3.63, 3.8) is 0 Å². The highest BCUT2D eigenvalue weighted by Gasteiger charge is 2.16. The number of aliphatic hydroxyl groups is 1. The third kappa shape index (κ3) is 1.20. The third-order valence-electron chi connectivity index (χ3n) is 1.12. The second-order valence-corrected chi connectivity index (χ2v) is 1.87. The minimum Gasteiger partial charge on any atom is -0.465 e. The highest BCUT2D eigenvalue weighted by atomic mass is 16.5. The Kier molecular flexibility index (Phi) is 1.48. The Labute approximate surface area is 47.3 Å². The van der Waals surface area contributed by atoms with Gasteiger partial charge >= 0.3 is 5.97 Å². The molecule has 1 atom stereocenters. The number of cyclic esters (lactones) is 1. The van der Waals surface area contributed by atoms with Gasteiger partial charge in [-0.2, -0.15) is 0 Å². The van der Waals surface area contributed by atoms with Crippen molar-refractivity contribution in [3.8, 4) is 0 Å². The van der Waals surface area contributed by atoms with Crippen LogP contribution in [0.15, 0.2) is 0 Å². The number of aliphatic hydroxyl groups excluding tert-OH is 1. The molecule has 0 aromatic rings. The van der Waals surface area contributed by atoms with E-state index in [0.29, 0.717) is 13.0 Å². The molecule has 46 valence electrons. The second kappa shape index (κ2) is 2.13. The first kappa shape index (κ1) is 5.56. The molecule has 0 spiro atoms. The largest absolute Gasteiger partial charge is 0.465 e. The number of esters is 1. The lowest BCUT2D eigenvalue weighted by atomic mass is 10.2. The zero-order valence-electron chi connectivity index (χ0n) is 4.46. The fourth-order valence-corrected chi connectivity index (χ4v) is 0.662. The van der Waals surface area contributed by atoms with Crippen LogP contribution in [-0.2, 0) is 9.53 Å². The molecule has 1 aliphatic rings. The Morgan fingerprint density at radius 1 is 1.75 bits per heavy atom. The van der Waals surface area contributed by atoms with Crippen LogP contribution >= 0.6 is 0 Å². The van der Waals surface area contributed by atoms with Crippen LogP contribution in [0.25, 0.3) is 0 Å². The molecule has 1 saturated heterocycles. The van der Waals surface area contributed by atoms with Gasteiger partial charge in [0, 0.05) is 6.42 Å². The first-order valence-corrected chi connectivity index (χ1v) is 2.63. The van der Waals surface area contributed by atoms with Crippen LogP contribution in [0.5, 0.6) is 0 Å². The molecule has 0 aliphatic carbocycles. The summed E-state index contributed by atoms with van der Waals surface area (Å²) >= 11 is 0. The lowest BCUT2D eigenvalue weighted by Gasteiger charge is -2.15. The van der Waals surface area contributed by atoms with Crippen molar-refractivity contribution in [3.05, 3.63) is 0 Å². The molecule has 0 aromatic carbocycles. The Morgan fingerprint density at radius 2 is 2.50 bits per heavy atom. The molecule has 0 saturated carbocycles. The van der Waals surface area contributed by atoms with Crippen LogP contribution in [0.4, 0.5) is 0 Å². The van der Waals surface area contributed by atoms with Gasteiger partial charge < -0.3 is 9.84 Å². The Balaban J connectivity index is 2.34. The van der Waals surface area contributed by atoms with Crippen molar-refractivity contribution >= 4 is 5.97 Å². The zero-order valence-corrected chi connectivity index (χ0v) is 4.46. The number of hydrogen-bond donors (Lipinski definition) is 1. The monoisotopic (exact) mass is 116 g/mol.